The summed E-state index contributed by atoms with van der Waals surface area (Å²) in [6.07, 6.45) is -4.71. The van der Waals surface area contributed by atoms with Crippen LogP contribution in [0, 0.1) is 11.3 Å². The van der Waals surface area contributed by atoms with Crippen molar-refractivity contribution in [2.45, 2.75) is 30.5 Å². The summed E-state index contributed by atoms with van der Waals surface area (Å²) in [7, 11) is -4.48. The Bertz CT molecular complexity index is 1130. The van der Waals surface area contributed by atoms with Crippen LogP contribution in [0.4, 0.5) is 18.9 Å². The van der Waals surface area contributed by atoms with Crippen LogP contribution in [0.1, 0.15) is 18.9 Å². The van der Waals surface area contributed by atoms with Crippen molar-refractivity contribution in [1.82, 2.24) is 4.72 Å². The molecule has 1 amide bonds. The molecule has 0 radical (unpaired) electrons. The first kappa shape index (κ1) is 25.8. The van der Waals surface area contributed by atoms with Crippen molar-refractivity contribution in [2.75, 3.05) is 18.1 Å². The standard InChI is InChI=1S/C21H20F3N3O5S/c1-15(26-33(30,31)18-10-5-7-16(13-18)21(22,23)24)20(29)32-14-19(28)27(12-6-11-25)17-8-3-2-4-9-17/h2-5,7-10,13,15,26H,6,12,14H2,1H3/t15-/m0/s1. The number of hydrogen-bond acceptors (Lipinski definition) is 6. The monoisotopic (exact) mass is 483 g/mol. The number of nitriles is 1. The summed E-state index contributed by atoms with van der Waals surface area (Å²) in [5.41, 5.74) is -0.684. The maximum atomic E-state index is 12.8. The van der Waals surface area contributed by atoms with Crippen LogP contribution in [0.25, 0.3) is 0 Å². The Morgan fingerprint density at radius 1 is 1.15 bits per heavy atom. The van der Waals surface area contributed by atoms with Gasteiger partial charge in [0.05, 0.1) is 22.9 Å². The van der Waals surface area contributed by atoms with E-state index >= 15 is 0 Å². The second-order valence-electron chi connectivity index (χ2n) is 6.77. The van der Waals surface area contributed by atoms with Crippen LogP contribution in [0.15, 0.2) is 59.5 Å². The Kier molecular flexibility index (Phi) is 8.56. The average Bonchev–Trinajstić information content (AvgIpc) is 2.77. The van der Waals surface area contributed by atoms with Gasteiger partial charge in [-0.3, -0.25) is 9.59 Å². The van der Waals surface area contributed by atoms with Gasteiger partial charge in [0.2, 0.25) is 10.0 Å². The molecule has 2 aromatic carbocycles. The zero-order valence-corrected chi connectivity index (χ0v) is 18.2. The fourth-order valence-corrected chi connectivity index (χ4v) is 3.93. The first-order chi connectivity index (χ1) is 15.5. The van der Waals surface area contributed by atoms with Crippen molar-refractivity contribution in [3.63, 3.8) is 0 Å². The highest BCUT2D eigenvalue weighted by molar-refractivity contribution is 7.89. The molecule has 1 atom stereocenters. The third-order valence-electron chi connectivity index (χ3n) is 4.31. The van der Waals surface area contributed by atoms with Crippen LogP contribution >= 0.6 is 0 Å². The van der Waals surface area contributed by atoms with Gasteiger partial charge in [0, 0.05) is 12.2 Å². The third kappa shape index (κ3) is 7.30. The lowest BCUT2D eigenvalue weighted by atomic mass is 10.2. The van der Waals surface area contributed by atoms with Gasteiger partial charge in [-0.1, -0.05) is 24.3 Å². The normalized spacial score (nSPS) is 12.5. The zero-order chi connectivity index (χ0) is 24.6. The molecule has 176 valence electrons. The Labute approximate surface area is 188 Å². The predicted octanol–water partition coefficient (Wildman–Crippen LogP) is 2.86. The number of amides is 1. The van der Waals surface area contributed by atoms with E-state index in [9.17, 15) is 31.2 Å². The van der Waals surface area contributed by atoms with Crippen LogP contribution in [-0.4, -0.2) is 39.5 Å². The lowest BCUT2D eigenvalue weighted by molar-refractivity contribution is -0.149. The summed E-state index contributed by atoms with van der Waals surface area (Å²) in [5, 5.41) is 8.80. The minimum Gasteiger partial charge on any atom is -0.454 e. The quantitative estimate of drug-likeness (QED) is 0.549. The highest BCUT2D eigenvalue weighted by Gasteiger charge is 2.32. The SMILES string of the molecule is C[C@H](NS(=O)(=O)c1cccc(C(F)(F)F)c1)C(=O)OCC(=O)N(CCC#N)c1ccccc1. The van der Waals surface area contributed by atoms with Crippen LogP contribution in [0.3, 0.4) is 0 Å². The maximum absolute atomic E-state index is 12.8. The molecule has 0 unspecified atom stereocenters. The molecule has 2 rings (SSSR count). The second-order valence-corrected chi connectivity index (χ2v) is 8.48. The van der Waals surface area contributed by atoms with E-state index in [1.54, 1.807) is 30.3 Å². The van der Waals surface area contributed by atoms with Gasteiger partial charge in [-0.2, -0.15) is 23.2 Å². The number of nitrogens with one attached hydrogen (secondary N) is 1. The molecule has 0 saturated carbocycles. The number of hydrogen-bond donors (Lipinski definition) is 1. The van der Waals surface area contributed by atoms with E-state index in [1.165, 1.54) is 4.90 Å². The van der Waals surface area contributed by atoms with E-state index in [0.29, 0.717) is 17.8 Å². The number of benzene rings is 2. The first-order valence-corrected chi connectivity index (χ1v) is 11.0. The van der Waals surface area contributed by atoms with E-state index in [4.69, 9.17) is 10.00 Å². The number of para-hydroxylation sites is 1. The highest BCUT2D eigenvalue weighted by atomic mass is 32.2. The van der Waals surface area contributed by atoms with Crippen LogP contribution in [0.5, 0.6) is 0 Å². The Morgan fingerprint density at radius 2 is 1.82 bits per heavy atom. The summed E-state index contributed by atoms with van der Waals surface area (Å²) >= 11 is 0. The molecule has 0 aromatic heterocycles. The van der Waals surface area contributed by atoms with Gasteiger partial charge in [-0.05, 0) is 37.3 Å². The number of alkyl halides is 3. The summed E-state index contributed by atoms with van der Waals surface area (Å²) in [4.78, 5) is 25.3. The molecule has 2 aromatic rings. The van der Waals surface area contributed by atoms with Gasteiger partial charge in [0.1, 0.15) is 6.04 Å². The van der Waals surface area contributed by atoms with Crippen molar-refractivity contribution in [1.29, 1.82) is 5.26 Å². The van der Waals surface area contributed by atoms with Gasteiger partial charge in [-0.15, -0.1) is 0 Å². The van der Waals surface area contributed by atoms with E-state index in [2.05, 4.69) is 0 Å². The second kappa shape index (κ2) is 10.9. The number of nitrogens with zero attached hydrogens (tertiary/aromatic N) is 2. The molecular formula is C21H20F3N3O5S. The summed E-state index contributed by atoms with van der Waals surface area (Å²) < 4.78 is 70.1. The first-order valence-electron chi connectivity index (χ1n) is 9.54. The smallest absolute Gasteiger partial charge is 0.416 e. The predicted molar refractivity (Wildman–Crippen MR) is 111 cm³/mol. The molecule has 33 heavy (non-hydrogen) atoms. The molecule has 8 nitrogen and oxygen atoms in total. The fraction of sp³-hybridized carbons (Fsp3) is 0.286. The molecule has 0 aliphatic rings. The molecule has 0 fully saturated rings. The van der Waals surface area contributed by atoms with Crippen molar-refractivity contribution in [3.8, 4) is 6.07 Å². The summed E-state index contributed by atoms with van der Waals surface area (Å²) in [5.74, 6) is -1.75. The van der Waals surface area contributed by atoms with Gasteiger partial charge in [0.15, 0.2) is 6.61 Å². The van der Waals surface area contributed by atoms with E-state index in [-0.39, 0.29) is 13.0 Å². The van der Waals surface area contributed by atoms with Crippen LogP contribution in [0.2, 0.25) is 0 Å². The molecular weight excluding hydrogens is 463 g/mol. The largest absolute Gasteiger partial charge is 0.454 e. The molecule has 0 heterocycles. The van der Waals surface area contributed by atoms with E-state index in [1.807, 2.05) is 10.8 Å². The lowest BCUT2D eigenvalue weighted by Crippen LogP contribution is -2.41. The van der Waals surface area contributed by atoms with Crippen molar-refractivity contribution >= 4 is 27.6 Å². The van der Waals surface area contributed by atoms with Crippen molar-refractivity contribution < 1.29 is 35.9 Å². The van der Waals surface area contributed by atoms with Crippen molar-refractivity contribution in [3.05, 3.63) is 60.2 Å². The van der Waals surface area contributed by atoms with Gasteiger partial charge >= 0.3 is 12.1 Å². The van der Waals surface area contributed by atoms with Crippen molar-refractivity contribution in [2.24, 2.45) is 0 Å². The number of sulfonamides is 1. The van der Waals surface area contributed by atoms with E-state index in [0.717, 1.165) is 19.1 Å². The topological polar surface area (TPSA) is 117 Å². The minimum absolute atomic E-state index is 0.0295. The van der Waals surface area contributed by atoms with Gasteiger partial charge < -0.3 is 9.64 Å². The number of halogens is 3. The third-order valence-corrected chi connectivity index (χ3v) is 5.85. The number of carbonyl (C=O) groups is 2. The Balaban J connectivity index is 2.03. The van der Waals surface area contributed by atoms with Gasteiger partial charge in [-0.25, -0.2) is 8.42 Å². The highest BCUT2D eigenvalue weighted by Crippen LogP contribution is 2.30. The molecule has 0 spiro atoms. The number of ether oxygens (including phenoxy) is 1. The zero-order valence-electron chi connectivity index (χ0n) is 17.4. The molecule has 12 heteroatoms. The van der Waals surface area contributed by atoms with Crippen LogP contribution in [-0.2, 0) is 30.5 Å². The number of esters is 1. The summed E-state index contributed by atoms with van der Waals surface area (Å²) in [6.45, 7) is 0.450. The fourth-order valence-electron chi connectivity index (χ4n) is 2.69. The van der Waals surface area contributed by atoms with E-state index < -0.39 is 51.2 Å². The lowest BCUT2D eigenvalue weighted by Gasteiger charge is -2.22. The van der Waals surface area contributed by atoms with Crippen LogP contribution < -0.4 is 9.62 Å². The molecule has 0 bridgehead atoms. The molecule has 0 saturated heterocycles. The number of rotatable bonds is 9. The van der Waals surface area contributed by atoms with Gasteiger partial charge in [0.25, 0.3) is 5.91 Å². The molecule has 1 N–H and O–H groups in total. The number of carbonyl (C=O) groups excluding carboxylic acids is 2. The summed E-state index contributed by atoms with van der Waals surface area (Å²) in [6, 6.07) is 11.8. The molecule has 0 aliphatic carbocycles. The number of anilines is 1. The minimum atomic E-state index is -4.74. The Morgan fingerprint density at radius 3 is 2.42 bits per heavy atom. The maximum Gasteiger partial charge on any atom is 0.416 e. The Hall–Kier alpha value is -3.43. The molecule has 0 aliphatic heterocycles. The average molecular weight is 483 g/mol.